The minimum atomic E-state index is 0.393. The lowest BCUT2D eigenvalue weighted by Gasteiger charge is -2.30. The molecule has 0 radical (unpaired) electrons. The standard InChI is InChI=1S/C26H35N5O2/c1-5-33-24-16-18(10-15-23(24)32-4)17-27-19-11-13-20(14-12-19)28-26-29-22-9-7-6-8-21(22)25(30-26)31(2)3/h6-10,15-16,19-20,27H,5,11-14,17H2,1-4H3,(H,28,29,30). The van der Waals surface area contributed by atoms with Crippen molar-refractivity contribution in [3.8, 4) is 11.5 Å². The third kappa shape index (κ3) is 5.66. The molecule has 33 heavy (non-hydrogen) atoms. The molecule has 0 unspecified atom stereocenters. The molecular formula is C26H35N5O2. The summed E-state index contributed by atoms with van der Waals surface area (Å²) in [6.07, 6.45) is 4.44. The summed E-state index contributed by atoms with van der Waals surface area (Å²) in [6, 6.07) is 15.2. The summed E-state index contributed by atoms with van der Waals surface area (Å²) in [5.74, 6) is 3.25. The van der Waals surface area contributed by atoms with Crippen molar-refractivity contribution in [2.45, 2.75) is 51.2 Å². The normalized spacial score (nSPS) is 18.2. The number of nitrogens with zero attached hydrogens (tertiary/aromatic N) is 3. The molecule has 176 valence electrons. The highest BCUT2D eigenvalue weighted by molar-refractivity contribution is 5.90. The van der Waals surface area contributed by atoms with Gasteiger partial charge in [0.25, 0.3) is 0 Å². The summed E-state index contributed by atoms with van der Waals surface area (Å²) in [5, 5.41) is 8.38. The Morgan fingerprint density at radius 2 is 1.73 bits per heavy atom. The Labute approximate surface area is 196 Å². The topological polar surface area (TPSA) is 71.5 Å². The molecule has 0 amide bonds. The molecular weight excluding hydrogens is 414 g/mol. The molecule has 0 atom stereocenters. The van der Waals surface area contributed by atoms with Crippen LogP contribution in [0.25, 0.3) is 10.9 Å². The highest BCUT2D eigenvalue weighted by Gasteiger charge is 2.22. The maximum absolute atomic E-state index is 5.70. The van der Waals surface area contributed by atoms with Gasteiger partial charge in [0.1, 0.15) is 5.82 Å². The van der Waals surface area contributed by atoms with Crippen LogP contribution in [0.15, 0.2) is 42.5 Å². The summed E-state index contributed by atoms with van der Waals surface area (Å²) < 4.78 is 11.1. The molecule has 0 saturated heterocycles. The number of benzene rings is 2. The highest BCUT2D eigenvalue weighted by atomic mass is 16.5. The predicted molar refractivity (Wildman–Crippen MR) is 135 cm³/mol. The quantitative estimate of drug-likeness (QED) is 0.494. The van der Waals surface area contributed by atoms with Gasteiger partial charge < -0.3 is 25.0 Å². The van der Waals surface area contributed by atoms with E-state index in [-0.39, 0.29) is 0 Å². The second-order valence-corrected chi connectivity index (χ2v) is 8.77. The van der Waals surface area contributed by atoms with Crippen LogP contribution < -0.4 is 25.0 Å². The Balaban J connectivity index is 1.32. The van der Waals surface area contributed by atoms with E-state index in [1.807, 2.05) is 50.2 Å². The Bertz CT molecular complexity index is 1060. The van der Waals surface area contributed by atoms with Crippen molar-refractivity contribution >= 4 is 22.7 Å². The zero-order valence-corrected chi connectivity index (χ0v) is 20.1. The number of fused-ring (bicyclic) bond motifs is 1. The van der Waals surface area contributed by atoms with Crippen LogP contribution in [0.5, 0.6) is 11.5 Å². The van der Waals surface area contributed by atoms with Crippen molar-refractivity contribution in [3.05, 3.63) is 48.0 Å². The van der Waals surface area contributed by atoms with Gasteiger partial charge in [0.05, 0.1) is 19.2 Å². The van der Waals surface area contributed by atoms with E-state index in [4.69, 9.17) is 19.4 Å². The fraction of sp³-hybridized carbons (Fsp3) is 0.462. The van der Waals surface area contributed by atoms with Crippen LogP contribution in [-0.4, -0.2) is 49.9 Å². The third-order valence-corrected chi connectivity index (χ3v) is 6.19. The molecule has 1 heterocycles. The van der Waals surface area contributed by atoms with Gasteiger partial charge in [-0.2, -0.15) is 4.98 Å². The highest BCUT2D eigenvalue weighted by Crippen LogP contribution is 2.29. The molecule has 1 aromatic heterocycles. The number of anilines is 2. The number of hydrogen-bond acceptors (Lipinski definition) is 7. The molecule has 0 spiro atoms. The van der Waals surface area contributed by atoms with Crippen LogP contribution in [0, 0.1) is 0 Å². The second-order valence-electron chi connectivity index (χ2n) is 8.77. The number of hydrogen-bond donors (Lipinski definition) is 2. The lowest BCUT2D eigenvalue weighted by molar-refractivity contribution is 0.310. The maximum atomic E-state index is 5.70. The number of methoxy groups -OCH3 is 1. The smallest absolute Gasteiger partial charge is 0.225 e. The Kier molecular flexibility index (Phi) is 7.50. The van der Waals surface area contributed by atoms with Gasteiger partial charge in [-0.3, -0.25) is 0 Å². The van der Waals surface area contributed by atoms with Gasteiger partial charge in [0.15, 0.2) is 11.5 Å². The number of nitrogens with one attached hydrogen (secondary N) is 2. The van der Waals surface area contributed by atoms with Gasteiger partial charge in [-0.25, -0.2) is 4.98 Å². The van der Waals surface area contributed by atoms with E-state index in [1.54, 1.807) is 7.11 Å². The summed E-state index contributed by atoms with van der Waals surface area (Å²) >= 11 is 0. The zero-order chi connectivity index (χ0) is 23.2. The van der Waals surface area contributed by atoms with Crippen LogP contribution in [0.4, 0.5) is 11.8 Å². The van der Waals surface area contributed by atoms with E-state index < -0.39 is 0 Å². The van der Waals surface area contributed by atoms with E-state index in [0.717, 1.165) is 66.4 Å². The predicted octanol–water partition coefficient (Wildman–Crippen LogP) is 4.62. The van der Waals surface area contributed by atoms with Gasteiger partial charge in [-0.15, -0.1) is 0 Å². The average Bonchev–Trinajstić information content (AvgIpc) is 2.83. The van der Waals surface area contributed by atoms with E-state index in [2.05, 4.69) is 28.8 Å². The Hall–Kier alpha value is -3.06. The number of rotatable bonds is 9. The van der Waals surface area contributed by atoms with Crippen molar-refractivity contribution in [1.29, 1.82) is 0 Å². The summed E-state index contributed by atoms with van der Waals surface area (Å²) in [4.78, 5) is 11.6. The largest absolute Gasteiger partial charge is 0.493 e. The number of aromatic nitrogens is 2. The van der Waals surface area contributed by atoms with Gasteiger partial charge in [0.2, 0.25) is 5.95 Å². The van der Waals surface area contributed by atoms with Crippen molar-refractivity contribution in [2.75, 3.05) is 38.0 Å². The van der Waals surface area contributed by atoms with Gasteiger partial charge in [0, 0.05) is 38.1 Å². The Morgan fingerprint density at radius 3 is 2.45 bits per heavy atom. The van der Waals surface area contributed by atoms with Crippen LogP contribution in [-0.2, 0) is 6.54 Å². The molecule has 7 nitrogen and oxygen atoms in total. The molecule has 0 bridgehead atoms. The van der Waals surface area contributed by atoms with E-state index in [1.165, 1.54) is 5.56 Å². The molecule has 2 N–H and O–H groups in total. The molecule has 0 aliphatic heterocycles. The first-order valence-electron chi connectivity index (χ1n) is 11.8. The molecule has 7 heteroatoms. The minimum Gasteiger partial charge on any atom is -0.493 e. The van der Waals surface area contributed by atoms with Crippen molar-refractivity contribution in [3.63, 3.8) is 0 Å². The van der Waals surface area contributed by atoms with Crippen LogP contribution in [0.3, 0.4) is 0 Å². The van der Waals surface area contributed by atoms with Crippen LogP contribution in [0.2, 0.25) is 0 Å². The molecule has 1 aliphatic rings. The SMILES string of the molecule is CCOc1cc(CNC2CCC(Nc3nc(N(C)C)c4ccccc4n3)CC2)ccc1OC. The average molecular weight is 450 g/mol. The lowest BCUT2D eigenvalue weighted by atomic mass is 9.91. The zero-order valence-electron chi connectivity index (χ0n) is 20.1. The monoisotopic (exact) mass is 449 g/mol. The van der Waals surface area contributed by atoms with E-state index in [0.29, 0.717) is 18.7 Å². The molecule has 1 fully saturated rings. The first-order chi connectivity index (χ1) is 16.1. The number of ether oxygens (including phenoxy) is 2. The summed E-state index contributed by atoms with van der Waals surface area (Å²) in [6.45, 7) is 3.44. The Morgan fingerprint density at radius 1 is 0.970 bits per heavy atom. The number of para-hydroxylation sites is 1. The molecule has 4 rings (SSSR count). The molecule has 3 aromatic rings. The third-order valence-electron chi connectivity index (χ3n) is 6.19. The van der Waals surface area contributed by atoms with Gasteiger partial charge in [-0.05, 0) is 62.4 Å². The minimum absolute atomic E-state index is 0.393. The van der Waals surface area contributed by atoms with Crippen molar-refractivity contribution in [2.24, 2.45) is 0 Å². The molecule has 2 aromatic carbocycles. The van der Waals surface area contributed by atoms with Crippen molar-refractivity contribution in [1.82, 2.24) is 15.3 Å². The first-order valence-corrected chi connectivity index (χ1v) is 11.8. The summed E-state index contributed by atoms with van der Waals surface area (Å²) in [7, 11) is 5.72. The first kappa shape index (κ1) is 23.1. The fourth-order valence-corrected chi connectivity index (χ4v) is 4.45. The summed E-state index contributed by atoms with van der Waals surface area (Å²) in [5.41, 5.74) is 2.18. The molecule has 1 aliphatic carbocycles. The van der Waals surface area contributed by atoms with Gasteiger partial charge >= 0.3 is 0 Å². The fourth-order valence-electron chi connectivity index (χ4n) is 4.45. The molecule has 1 saturated carbocycles. The van der Waals surface area contributed by atoms with E-state index in [9.17, 15) is 0 Å². The second kappa shape index (κ2) is 10.7. The van der Waals surface area contributed by atoms with Gasteiger partial charge in [-0.1, -0.05) is 18.2 Å². The van der Waals surface area contributed by atoms with Crippen molar-refractivity contribution < 1.29 is 9.47 Å². The van der Waals surface area contributed by atoms with Crippen LogP contribution >= 0.6 is 0 Å². The lowest BCUT2D eigenvalue weighted by Crippen LogP contribution is -2.37. The maximum Gasteiger partial charge on any atom is 0.225 e. The van der Waals surface area contributed by atoms with Crippen LogP contribution in [0.1, 0.15) is 38.2 Å². The van der Waals surface area contributed by atoms with E-state index >= 15 is 0 Å².